The highest BCUT2D eigenvalue weighted by Gasteiger charge is 2.42. The Morgan fingerprint density at radius 1 is 1.15 bits per heavy atom. The van der Waals surface area contributed by atoms with Crippen molar-refractivity contribution < 1.29 is 14.6 Å². The van der Waals surface area contributed by atoms with Gasteiger partial charge in [0.25, 0.3) is 5.91 Å². The zero-order valence-electron chi connectivity index (χ0n) is 19.2. The molecule has 0 saturated heterocycles. The summed E-state index contributed by atoms with van der Waals surface area (Å²) in [5, 5.41) is 17.8. The van der Waals surface area contributed by atoms with Crippen molar-refractivity contribution in [3.63, 3.8) is 0 Å². The topological polar surface area (TPSA) is 96.3 Å². The molecule has 0 aliphatic carbocycles. The Balaban J connectivity index is 1.55. The molecule has 1 aliphatic rings. The number of phenols is 1. The summed E-state index contributed by atoms with van der Waals surface area (Å²) in [5.41, 5.74) is 5.09. The number of imidazole rings is 1. The van der Waals surface area contributed by atoms with Gasteiger partial charge in [-0.2, -0.15) is 5.10 Å². The van der Waals surface area contributed by atoms with Crippen LogP contribution in [-0.2, 0) is 6.54 Å². The summed E-state index contributed by atoms with van der Waals surface area (Å²) in [6.07, 6.45) is 6.21. The Labute approximate surface area is 197 Å². The molecule has 2 aromatic carbocycles. The standard InChI is InChI=1S/C26H27N5O3/c1-3-34-21-15-19(9-10-20(21)32)25-22-23(18-7-5-17(2)6-8-18)28-29-24(22)26(33)31(25)13-4-12-30-14-11-27-16-30/h5-11,14-16,25,32H,3-4,12-13H2,1-2H3,(H,28,29). The monoisotopic (exact) mass is 457 g/mol. The van der Waals surface area contributed by atoms with Gasteiger partial charge in [-0.15, -0.1) is 0 Å². The van der Waals surface area contributed by atoms with E-state index in [1.807, 2.05) is 65.9 Å². The molecule has 34 heavy (non-hydrogen) atoms. The molecule has 0 saturated carbocycles. The number of ether oxygens (including phenoxy) is 1. The lowest BCUT2D eigenvalue weighted by Crippen LogP contribution is -2.31. The van der Waals surface area contributed by atoms with Gasteiger partial charge in [-0.05, 0) is 38.0 Å². The van der Waals surface area contributed by atoms with E-state index >= 15 is 0 Å². The van der Waals surface area contributed by atoms with E-state index in [1.54, 1.807) is 18.6 Å². The lowest BCUT2D eigenvalue weighted by Gasteiger charge is -2.27. The maximum Gasteiger partial charge on any atom is 0.273 e. The summed E-state index contributed by atoms with van der Waals surface area (Å²) in [7, 11) is 0. The van der Waals surface area contributed by atoms with Gasteiger partial charge in [0.15, 0.2) is 11.5 Å². The number of rotatable bonds is 8. The number of hydrogen-bond acceptors (Lipinski definition) is 5. The van der Waals surface area contributed by atoms with Gasteiger partial charge < -0.3 is 19.3 Å². The molecule has 0 spiro atoms. The van der Waals surface area contributed by atoms with Gasteiger partial charge in [0.2, 0.25) is 0 Å². The number of nitrogens with zero attached hydrogens (tertiary/aromatic N) is 4. The van der Waals surface area contributed by atoms with E-state index in [0.717, 1.165) is 40.9 Å². The Bertz CT molecular complexity index is 1290. The Morgan fingerprint density at radius 2 is 1.97 bits per heavy atom. The smallest absolute Gasteiger partial charge is 0.273 e. The molecule has 1 atom stereocenters. The molecule has 1 unspecified atom stereocenters. The average Bonchev–Trinajstić information content (AvgIpc) is 3.56. The molecular formula is C26H27N5O3. The molecule has 174 valence electrons. The first-order valence-electron chi connectivity index (χ1n) is 11.4. The molecule has 2 aromatic heterocycles. The highest BCUT2D eigenvalue weighted by atomic mass is 16.5. The van der Waals surface area contributed by atoms with Crippen LogP contribution in [0.15, 0.2) is 61.2 Å². The van der Waals surface area contributed by atoms with Gasteiger partial charge in [0.1, 0.15) is 5.69 Å². The van der Waals surface area contributed by atoms with Gasteiger partial charge in [0.05, 0.1) is 24.7 Å². The van der Waals surface area contributed by atoms with Crippen LogP contribution in [0.5, 0.6) is 11.5 Å². The van der Waals surface area contributed by atoms with Gasteiger partial charge in [-0.1, -0.05) is 35.9 Å². The van der Waals surface area contributed by atoms with Crippen LogP contribution in [0.25, 0.3) is 11.3 Å². The summed E-state index contributed by atoms with van der Waals surface area (Å²) >= 11 is 0. The molecule has 8 heteroatoms. The third-order valence-electron chi connectivity index (χ3n) is 6.16. The van der Waals surface area contributed by atoms with Crippen molar-refractivity contribution in [2.24, 2.45) is 0 Å². The van der Waals surface area contributed by atoms with E-state index in [9.17, 15) is 9.90 Å². The second-order valence-electron chi connectivity index (χ2n) is 8.44. The quantitative estimate of drug-likeness (QED) is 0.411. The number of aryl methyl sites for hydroxylation is 2. The fourth-order valence-corrected chi connectivity index (χ4v) is 4.52. The summed E-state index contributed by atoms with van der Waals surface area (Å²) in [5.74, 6) is 0.398. The Morgan fingerprint density at radius 3 is 2.71 bits per heavy atom. The molecule has 0 bridgehead atoms. The minimum absolute atomic E-state index is 0.0766. The predicted octanol–water partition coefficient (Wildman–Crippen LogP) is 4.32. The number of nitrogens with one attached hydrogen (secondary N) is 1. The molecule has 5 rings (SSSR count). The molecule has 2 N–H and O–H groups in total. The van der Waals surface area contributed by atoms with Gasteiger partial charge in [-0.3, -0.25) is 9.89 Å². The van der Waals surface area contributed by atoms with Crippen molar-refractivity contribution in [2.45, 2.75) is 32.9 Å². The summed E-state index contributed by atoms with van der Waals surface area (Å²) in [6, 6.07) is 13.1. The minimum Gasteiger partial charge on any atom is -0.504 e. The van der Waals surface area contributed by atoms with Crippen molar-refractivity contribution >= 4 is 5.91 Å². The van der Waals surface area contributed by atoms with E-state index in [4.69, 9.17) is 4.74 Å². The number of H-pyrrole nitrogens is 1. The second kappa shape index (κ2) is 9.05. The number of aromatic amines is 1. The van der Waals surface area contributed by atoms with Crippen molar-refractivity contribution in [2.75, 3.05) is 13.2 Å². The number of aromatic nitrogens is 4. The first-order chi connectivity index (χ1) is 16.6. The first-order valence-corrected chi connectivity index (χ1v) is 11.4. The number of amides is 1. The van der Waals surface area contributed by atoms with Crippen LogP contribution >= 0.6 is 0 Å². The maximum absolute atomic E-state index is 13.5. The van der Waals surface area contributed by atoms with Crippen LogP contribution in [-0.4, -0.2) is 48.8 Å². The van der Waals surface area contributed by atoms with E-state index in [1.165, 1.54) is 0 Å². The molecule has 1 amide bonds. The van der Waals surface area contributed by atoms with Crippen molar-refractivity contribution in [1.29, 1.82) is 0 Å². The fourth-order valence-electron chi connectivity index (χ4n) is 4.52. The number of fused-ring (bicyclic) bond motifs is 1. The first kappa shape index (κ1) is 21.8. The summed E-state index contributed by atoms with van der Waals surface area (Å²) in [4.78, 5) is 19.5. The number of carbonyl (C=O) groups excluding carboxylic acids is 1. The van der Waals surface area contributed by atoms with E-state index in [-0.39, 0.29) is 17.7 Å². The van der Waals surface area contributed by atoms with Crippen molar-refractivity contribution in [3.05, 3.63) is 83.6 Å². The fraction of sp³-hybridized carbons (Fsp3) is 0.269. The maximum atomic E-state index is 13.5. The third kappa shape index (κ3) is 3.91. The van der Waals surface area contributed by atoms with E-state index in [2.05, 4.69) is 15.2 Å². The number of carbonyl (C=O) groups is 1. The van der Waals surface area contributed by atoms with Crippen LogP contribution in [0.1, 0.15) is 46.6 Å². The number of hydrogen-bond donors (Lipinski definition) is 2. The Hall–Kier alpha value is -4.07. The van der Waals surface area contributed by atoms with E-state index in [0.29, 0.717) is 24.6 Å². The molecule has 0 radical (unpaired) electrons. The van der Waals surface area contributed by atoms with Crippen LogP contribution in [0, 0.1) is 6.92 Å². The third-order valence-corrected chi connectivity index (χ3v) is 6.16. The molecule has 1 aliphatic heterocycles. The summed E-state index contributed by atoms with van der Waals surface area (Å²) < 4.78 is 7.64. The minimum atomic E-state index is -0.347. The lowest BCUT2D eigenvalue weighted by atomic mass is 9.95. The molecular weight excluding hydrogens is 430 g/mol. The molecule has 4 aromatic rings. The van der Waals surface area contributed by atoms with Crippen molar-refractivity contribution in [3.8, 4) is 22.8 Å². The van der Waals surface area contributed by atoms with Crippen LogP contribution < -0.4 is 4.74 Å². The van der Waals surface area contributed by atoms with Crippen LogP contribution in [0.2, 0.25) is 0 Å². The molecule has 8 nitrogen and oxygen atoms in total. The zero-order chi connectivity index (χ0) is 23.7. The highest BCUT2D eigenvalue weighted by Crippen LogP contribution is 2.44. The van der Waals surface area contributed by atoms with Gasteiger partial charge >= 0.3 is 0 Å². The van der Waals surface area contributed by atoms with Crippen LogP contribution in [0.4, 0.5) is 0 Å². The van der Waals surface area contributed by atoms with E-state index < -0.39 is 0 Å². The number of benzene rings is 2. The van der Waals surface area contributed by atoms with Gasteiger partial charge in [0, 0.05) is 36.6 Å². The van der Waals surface area contributed by atoms with Gasteiger partial charge in [-0.25, -0.2) is 4.98 Å². The van der Waals surface area contributed by atoms with Crippen LogP contribution in [0.3, 0.4) is 0 Å². The molecule has 3 heterocycles. The number of phenolic OH excluding ortho intramolecular Hbond substituents is 1. The highest BCUT2D eigenvalue weighted by molar-refractivity contribution is 6.00. The Kier molecular flexibility index (Phi) is 5.79. The van der Waals surface area contributed by atoms with Crippen molar-refractivity contribution in [1.82, 2.24) is 24.6 Å². The largest absolute Gasteiger partial charge is 0.504 e. The average molecular weight is 458 g/mol. The predicted molar refractivity (Wildman–Crippen MR) is 128 cm³/mol. The number of aromatic hydroxyl groups is 1. The summed E-state index contributed by atoms with van der Waals surface area (Å²) in [6.45, 7) is 5.66. The molecule has 0 fully saturated rings. The normalized spacial score (nSPS) is 15.1. The SMILES string of the molecule is CCOc1cc(C2c3c(-c4ccc(C)cc4)n[nH]c3C(=O)N2CCCn2ccnc2)ccc1O. The zero-order valence-corrected chi connectivity index (χ0v) is 19.2. The second-order valence-corrected chi connectivity index (χ2v) is 8.44. The lowest BCUT2D eigenvalue weighted by molar-refractivity contribution is 0.0739.